The maximum absolute atomic E-state index is 11.9. The van der Waals surface area contributed by atoms with Crippen molar-refractivity contribution >= 4 is 5.65 Å². The number of hydrogen-bond acceptors (Lipinski definition) is 5. The predicted molar refractivity (Wildman–Crippen MR) is 73.3 cm³/mol. The standard InChI is InChI=1S/C12H20N6O/c1-16(2)7-3-4-13-6-9-18-12(19)17-8-5-14-10-11(17)15-18/h5,8,10,13H,3-4,6-7,9H2,1-2H3. The van der Waals surface area contributed by atoms with Crippen LogP contribution in [0.3, 0.4) is 0 Å². The molecule has 0 fully saturated rings. The lowest BCUT2D eigenvalue weighted by molar-refractivity contribution is 0.392. The minimum atomic E-state index is -0.118. The molecule has 19 heavy (non-hydrogen) atoms. The van der Waals surface area contributed by atoms with Gasteiger partial charge in [0, 0.05) is 18.9 Å². The summed E-state index contributed by atoms with van der Waals surface area (Å²) < 4.78 is 2.97. The van der Waals surface area contributed by atoms with E-state index in [0.717, 1.165) is 26.1 Å². The Morgan fingerprint density at radius 3 is 2.95 bits per heavy atom. The number of nitrogens with zero attached hydrogens (tertiary/aromatic N) is 5. The lowest BCUT2D eigenvalue weighted by Crippen LogP contribution is -2.29. The molecular weight excluding hydrogens is 244 g/mol. The van der Waals surface area contributed by atoms with E-state index >= 15 is 0 Å². The highest BCUT2D eigenvalue weighted by atomic mass is 16.2. The second kappa shape index (κ2) is 6.44. The molecule has 0 saturated heterocycles. The zero-order chi connectivity index (χ0) is 13.7. The minimum absolute atomic E-state index is 0.118. The first-order valence-corrected chi connectivity index (χ1v) is 6.43. The van der Waals surface area contributed by atoms with Crippen molar-refractivity contribution in [1.29, 1.82) is 0 Å². The molecular formula is C12H20N6O. The van der Waals surface area contributed by atoms with E-state index in [2.05, 4.69) is 34.4 Å². The Morgan fingerprint density at radius 2 is 2.21 bits per heavy atom. The Balaban J connectivity index is 1.82. The molecule has 0 aliphatic carbocycles. The van der Waals surface area contributed by atoms with Gasteiger partial charge in [-0.25, -0.2) is 13.9 Å². The average Bonchev–Trinajstić information content (AvgIpc) is 2.71. The highest BCUT2D eigenvalue weighted by Gasteiger charge is 2.05. The topological polar surface area (TPSA) is 67.5 Å². The summed E-state index contributed by atoms with van der Waals surface area (Å²) in [4.78, 5) is 18.0. The second-order valence-electron chi connectivity index (χ2n) is 4.72. The molecule has 0 atom stereocenters. The molecule has 2 aromatic heterocycles. The fourth-order valence-corrected chi connectivity index (χ4v) is 1.86. The molecule has 7 heteroatoms. The summed E-state index contributed by atoms with van der Waals surface area (Å²) in [6.45, 7) is 3.32. The molecule has 1 N–H and O–H groups in total. The number of aromatic nitrogens is 4. The summed E-state index contributed by atoms with van der Waals surface area (Å²) in [5.74, 6) is 0. The van der Waals surface area contributed by atoms with Crippen molar-refractivity contribution in [2.24, 2.45) is 0 Å². The summed E-state index contributed by atoms with van der Waals surface area (Å²) in [5, 5.41) is 7.52. The van der Waals surface area contributed by atoms with E-state index in [1.165, 1.54) is 9.08 Å². The van der Waals surface area contributed by atoms with Crippen LogP contribution in [0.4, 0.5) is 0 Å². The van der Waals surface area contributed by atoms with E-state index in [0.29, 0.717) is 12.2 Å². The monoisotopic (exact) mass is 264 g/mol. The van der Waals surface area contributed by atoms with Crippen molar-refractivity contribution in [3.05, 3.63) is 29.1 Å². The first-order chi connectivity index (χ1) is 9.18. The summed E-state index contributed by atoms with van der Waals surface area (Å²) in [6.07, 6.45) is 5.89. The lowest BCUT2D eigenvalue weighted by Gasteiger charge is -2.09. The second-order valence-corrected chi connectivity index (χ2v) is 4.72. The normalized spacial score (nSPS) is 11.5. The third-order valence-corrected chi connectivity index (χ3v) is 2.85. The third kappa shape index (κ3) is 3.62. The fraction of sp³-hybridized carbons (Fsp3) is 0.583. The van der Waals surface area contributed by atoms with Gasteiger partial charge in [-0.1, -0.05) is 0 Å². The van der Waals surface area contributed by atoms with Gasteiger partial charge in [0.1, 0.15) is 0 Å². The van der Waals surface area contributed by atoms with Gasteiger partial charge < -0.3 is 10.2 Å². The smallest absolute Gasteiger partial charge is 0.315 e. The van der Waals surface area contributed by atoms with E-state index in [9.17, 15) is 4.79 Å². The molecule has 104 valence electrons. The number of rotatable bonds is 7. The van der Waals surface area contributed by atoms with E-state index in [1.54, 1.807) is 18.6 Å². The van der Waals surface area contributed by atoms with Gasteiger partial charge >= 0.3 is 5.69 Å². The van der Waals surface area contributed by atoms with Gasteiger partial charge in [-0.2, -0.15) is 0 Å². The van der Waals surface area contributed by atoms with Crippen LogP contribution >= 0.6 is 0 Å². The molecule has 0 aliphatic heterocycles. The first-order valence-electron chi connectivity index (χ1n) is 6.43. The van der Waals surface area contributed by atoms with Gasteiger partial charge in [0.05, 0.1) is 12.7 Å². The largest absolute Gasteiger partial charge is 0.350 e. The Bertz CT molecular complexity index is 573. The molecule has 7 nitrogen and oxygen atoms in total. The predicted octanol–water partition coefficient (Wildman–Crippen LogP) is -0.568. The third-order valence-electron chi connectivity index (χ3n) is 2.85. The Hall–Kier alpha value is -1.73. The van der Waals surface area contributed by atoms with Gasteiger partial charge in [-0.05, 0) is 33.6 Å². The van der Waals surface area contributed by atoms with Gasteiger partial charge in [0.25, 0.3) is 0 Å². The Kier molecular flexibility index (Phi) is 4.64. The van der Waals surface area contributed by atoms with Crippen molar-refractivity contribution in [2.45, 2.75) is 13.0 Å². The maximum atomic E-state index is 11.9. The Labute approximate surface area is 111 Å². The molecule has 2 heterocycles. The quantitative estimate of drug-likeness (QED) is 0.679. The summed E-state index contributed by atoms with van der Waals surface area (Å²) in [7, 11) is 4.12. The highest BCUT2D eigenvalue weighted by molar-refractivity contribution is 5.31. The molecule has 2 rings (SSSR count). The fourth-order valence-electron chi connectivity index (χ4n) is 1.86. The molecule has 0 bridgehead atoms. The van der Waals surface area contributed by atoms with Crippen LogP contribution in [0, 0.1) is 0 Å². The minimum Gasteiger partial charge on any atom is -0.315 e. The lowest BCUT2D eigenvalue weighted by atomic mass is 10.4. The average molecular weight is 264 g/mol. The van der Waals surface area contributed by atoms with E-state index < -0.39 is 0 Å². The zero-order valence-corrected chi connectivity index (χ0v) is 11.4. The SMILES string of the molecule is CN(C)CCCNCCn1nc2cnccn2c1=O. The van der Waals surface area contributed by atoms with Gasteiger partial charge in [0.2, 0.25) is 0 Å². The number of hydrogen-bond donors (Lipinski definition) is 1. The molecule has 0 spiro atoms. The van der Waals surface area contributed by atoms with Gasteiger partial charge in [-0.15, -0.1) is 5.10 Å². The van der Waals surface area contributed by atoms with Crippen LogP contribution in [0.15, 0.2) is 23.4 Å². The van der Waals surface area contributed by atoms with E-state index in [-0.39, 0.29) is 5.69 Å². The maximum Gasteiger partial charge on any atom is 0.350 e. The highest BCUT2D eigenvalue weighted by Crippen LogP contribution is 1.91. The van der Waals surface area contributed by atoms with Crippen molar-refractivity contribution in [2.75, 3.05) is 33.7 Å². The van der Waals surface area contributed by atoms with E-state index in [4.69, 9.17) is 0 Å². The number of fused-ring (bicyclic) bond motifs is 1. The Morgan fingerprint density at radius 1 is 1.37 bits per heavy atom. The van der Waals surface area contributed by atoms with Crippen molar-refractivity contribution in [1.82, 2.24) is 29.4 Å². The molecule has 0 radical (unpaired) electrons. The zero-order valence-electron chi connectivity index (χ0n) is 11.4. The van der Waals surface area contributed by atoms with Crippen LogP contribution in [0.25, 0.3) is 5.65 Å². The molecule has 0 aliphatic rings. The number of nitrogens with one attached hydrogen (secondary N) is 1. The van der Waals surface area contributed by atoms with Crippen LogP contribution in [0.2, 0.25) is 0 Å². The molecule has 0 amide bonds. The molecule has 0 saturated carbocycles. The van der Waals surface area contributed by atoms with E-state index in [1.807, 2.05) is 0 Å². The van der Waals surface area contributed by atoms with Gasteiger partial charge in [0.15, 0.2) is 5.65 Å². The van der Waals surface area contributed by atoms with Crippen molar-refractivity contribution in [3.8, 4) is 0 Å². The van der Waals surface area contributed by atoms with Crippen LogP contribution in [0.1, 0.15) is 6.42 Å². The van der Waals surface area contributed by atoms with Crippen LogP contribution in [-0.2, 0) is 6.54 Å². The van der Waals surface area contributed by atoms with Crippen LogP contribution in [0.5, 0.6) is 0 Å². The van der Waals surface area contributed by atoms with Crippen molar-refractivity contribution in [3.63, 3.8) is 0 Å². The summed E-state index contributed by atoms with van der Waals surface area (Å²) in [6, 6.07) is 0. The summed E-state index contributed by atoms with van der Waals surface area (Å²) in [5.41, 5.74) is 0.465. The molecule has 0 unspecified atom stereocenters. The molecule has 0 aromatic carbocycles. The van der Waals surface area contributed by atoms with Crippen LogP contribution in [-0.4, -0.2) is 57.8 Å². The van der Waals surface area contributed by atoms with Crippen molar-refractivity contribution < 1.29 is 0 Å². The molecule has 2 aromatic rings. The summed E-state index contributed by atoms with van der Waals surface area (Å²) >= 11 is 0. The first kappa shape index (κ1) is 13.7. The van der Waals surface area contributed by atoms with Gasteiger partial charge in [-0.3, -0.25) is 4.98 Å². The van der Waals surface area contributed by atoms with Crippen LogP contribution < -0.4 is 11.0 Å².